The monoisotopic (exact) mass is 496 g/mol. The van der Waals surface area contributed by atoms with Gasteiger partial charge in [-0.1, -0.05) is 30.3 Å². The standard InChI is InChI=1S/C23H30F2N4O4S/c1-16(2)26-23(31)17(3)28(14-18-10-6-7-11-19(18)24)22(30)15-29(34(32,33)27(4)5)21-13-9-8-12-20(21)25/h6-13,16-17H,14-15H2,1-5H3,(H,26,31)/t17-/m1/s1. The van der Waals surface area contributed by atoms with Crippen LogP contribution in [0.3, 0.4) is 0 Å². The first-order valence-corrected chi connectivity index (χ1v) is 12.0. The molecule has 1 N–H and O–H groups in total. The summed E-state index contributed by atoms with van der Waals surface area (Å²) in [5.74, 6) is -2.72. The maximum Gasteiger partial charge on any atom is 0.304 e. The van der Waals surface area contributed by atoms with E-state index in [9.17, 15) is 26.8 Å². The minimum atomic E-state index is -4.28. The van der Waals surface area contributed by atoms with E-state index in [0.29, 0.717) is 4.31 Å². The molecule has 0 aliphatic rings. The van der Waals surface area contributed by atoms with Gasteiger partial charge in [0.15, 0.2) is 0 Å². The van der Waals surface area contributed by atoms with Crippen LogP contribution in [0.25, 0.3) is 0 Å². The van der Waals surface area contributed by atoms with Crippen LogP contribution >= 0.6 is 0 Å². The molecule has 1 atom stereocenters. The van der Waals surface area contributed by atoms with Gasteiger partial charge in [0.1, 0.15) is 24.2 Å². The SMILES string of the molecule is CC(C)NC(=O)[C@@H](C)N(Cc1ccccc1F)C(=O)CN(c1ccccc1F)S(=O)(=O)N(C)C. The van der Waals surface area contributed by atoms with Crippen molar-refractivity contribution >= 4 is 27.7 Å². The molecule has 2 aromatic rings. The fraction of sp³-hybridized carbons (Fsp3) is 0.391. The van der Waals surface area contributed by atoms with Crippen LogP contribution in [0.2, 0.25) is 0 Å². The molecule has 0 saturated heterocycles. The Bertz CT molecular complexity index is 1130. The van der Waals surface area contributed by atoms with Crippen molar-refractivity contribution in [3.05, 3.63) is 65.7 Å². The molecule has 0 bridgehead atoms. The van der Waals surface area contributed by atoms with Crippen molar-refractivity contribution in [2.75, 3.05) is 24.9 Å². The van der Waals surface area contributed by atoms with Crippen LogP contribution in [0.15, 0.2) is 48.5 Å². The Morgan fingerprint density at radius 2 is 1.50 bits per heavy atom. The maximum absolute atomic E-state index is 14.6. The van der Waals surface area contributed by atoms with Crippen LogP contribution < -0.4 is 9.62 Å². The molecule has 0 aromatic heterocycles. The number of nitrogens with zero attached hydrogens (tertiary/aromatic N) is 3. The van der Waals surface area contributed by atoms with Crippen molar-refractivity contribution in [3.8, 4) is 0 Å². The second-order valence-corrected chi connectivity index (χ2v) is 10.3. The van der Waals surface area contributed by atoms with Crippen LogP contribution in [0.1, 0.15) is 26.3 Å². The molecule has 0 aliphatic carbocycles. The quantitative estimate of drug-likeness (QED) is 0.547. The average molecular weight is 497 g/mol. The fourth-order valence-electron chi connectivity index (χ4n) is 3.15. The summed E-state index contributed by atoms with van der Waals surface area (Å²) in [5, 5.41) is 2.69. The molecule has 186 valence electrons. The van der Waals surface area contributed by atoms with Gasteiger partial charge in [-0.05, 0) is 39.0 Å². The Labute approximate surface area is 199 Å². The molecule has 0 fully saturated rings. The second-order valence-electron chi connectivity index (χ2n) is 8.20. The van der Waals surface area contributed by atoms with E-state index in [-0.39, 0.29) is 23.8 Å². The summed E-state index contributed by atoms with van der Waals surface area (Å²) in [6, 6.07) is 9.63. The van der Waals surface area contributed by atoms with Gasteiger partial charge in [0, 0.05) is 32.2 Å². The zero-order chi connectivity index (χ0) is 25.6. The molecule has 11 heteroatoms. The van der Waals surface area contributed by atoms with Crippen LogP contribution in [0, 0.1) is 11.6 Å². The number of carbonyl (C=O) groups is 2. The van der Waals surface area contributed by atoms with Crippen molar-refractivity contribution in [1.82, 2.24) is 14.5 Å². The van der Waals surface area contributed by atoms with Crippen LogP contribution in [0.4, 0.5) is 14.5 Å². The lowest BCUT2D eigenvalue weighted by Gasteiger charge is -2.33. The first-order valence-electron chi connectivity index (χ1n) is 10.6. The Morgan fingerprint density at radius 1 is 0.941 bits per heavy atom. The molecule has 0 unspecified atom stereocenters. The fourth-order valence-corrected chi connectivity index (χ4v) is 4.22. The van der Waals surface area contributed by atoms with E-state index in [1.807, 2.05) is 0 Å². The number of benzene rings is 2. The van der Waals surface area contributed by atoms with Gasteiger partial charge in [-0.25, -0.2) is 13.1 Å². The Morgan fingerprint density at radius 3 is 2.03 bits per heavy atom. The summed E-state index contributed by atoms with van der Waals surface area (Å²) < 4.78 is 56.4. The highest BCUT2D eigenvalue weighted by Gasteiger charge is 2.34. The molecule has 0 spiro atoms. The molecule has 2 amide bonds. The number of amides is 2. The lowest BCUT2D eigenvalue weighted by molar-refractivity contribution is -0.139. The Balaban J connectivity index is 2.49. The second kappa shape index (κ2) is 11.4. The van der Waals surface area contributed by atoms with Gasteiger partial charge in [0.05, 0.1) is 5.69 Å². The third kappa shape index (κ3) is 6.51. The predicted octanol–water partition coefficient (Wildman–Crippen LogP) is 2.52. The van der Waals surface area contributed by atoms with Crippen molar-refractivity contribution in [3.63, 3.8) is 0 Å². The first-order chi connectivity index (χ1) is 15.9. The highest BCUT2D eigenvalue weighted by Crippen LogP contribution is 2.24. The molecule has 0 radical (unpaired) electrons. The van der Waals surface area contributed by atoms with E-state index in [1.165, 1.54) is 57.4 Å². The van der Waals surface area contributed by atoms with E-state index in [0.717, 1.165) is 15.3 Å². The van der Waals surface area contributed by atoms with Crippen LogP contribution in [-0.4, -0.2) is 62.2 Å². The third-order valence-electron chi connectivity index (χ3n) is 5.04. The molecule has 0 aliphatic heterocycles. The molecule has 34 heavy (non-hydrogen) atoms. The van der Waals surface area contributed by atoms with E-state index in [1.54, 1.807) is 19.9 Å². The molecule has 0 heterocycles. The largest absolute Gasteiger partial charge is 0.352 e. The minimum Gasteiger partial charge on any atom is -0.352 e. The lowest BCUT2D eigenvalue weighted by atomic mass is 10.1. The molecular formula is C23H30F2N4O4S. The average Bonchev–Trinajstić information content (AvgIpc) is 2.76. The molecule has 0 saturated carbocycles. The van der Waals surface area contributed by atoms with Crippen molar-refractivity contribution < 1.29 is 26.8 Å². The summed E-state index contributed by atoms with van der Waals surface area (Å²) in [5.41, 5.74) is -0.178. The minimum absolute atomic E-state index is 0.146. The van der Waals surface area contributed by atoms with Gasteiger partial charge in [-0.15, -0.1) is 0 Å². The lowest BCUT2D eigenvalue weighted by Crippen LogP contribution is -2.53. The van der Waals surface area contributed by atoms with E-state index in [2.05, 4.69) is 5.32 Å². The number of para-hydroxylation sites is 1. The highest BCUT2D eigenvalue weighted by molar-refractivity contribution is 7.90. The number of rotatable bonds is 10. The number of hydrogen-bond acceptors (Lipinski definition) is 4. The van der Waals surface area contributed by atoms with Gasteiger partial charge >= 0.3 is 10.2 Å². The number of halogens is 2. The maximum atomic E-state index is 14.6. The van der Waals surface area contributed by atoms with Crippen LogP contribution in [-0.2, 0) is 26.3 Å². The van der Waals surface area contributed by atoms with Crippen molar-refractivity contribution in [1.29, 1.82) is 0 Å². The van der Waals surface area contributed by atoms with Crippen molar-refractivity contribution in [2.45, 2.75) is 39.4 Å². The van der Waals surface area contributed by atoms with Gasteiger partial charge < -0.3 is 10.2 Å². The molecule has 2 aromatic carbocycles. The van der Waals surface area contributed by atoms with Crippen LogP contribution in [0.5, 0.6) is 0 Å². The number of anilines is 1. The summed E-state index contributed by atoms with van der Waals surface area (Å²) >= 11 is 0. The number of nitrogens with one attached hydrogen (secondary N) is 1. The number of carbonyl (C=O) groups excluding carboxylic acids is 2. The summed E-state index contributed by atoms with van der Waals surface area (Å²) in [7, 11) is -1.78. The highest BCUT2D eigenvalue weighted by atomic mass is 32.2. The topological polar surface area (TPSA) is 90.0 Å². The van der Waals surface area contributed by atoms with Gasteiger partial charge in [0.2, 0.25) is 11.8 Å². The molecule has 8 nitrogen and oxygen atoms in total. The normalized spacial score (nSPS) is 12.5. The Hall–Kier alpha value is -3.05. The third-order valence-corrected chi connectivity index (χ3v) is 6.84. The summed E-state index contributed by atoms with van der Waals surface area (Å²) in [4.78, 5) is 27.2. The smallest absolute Gasteiger partial charge is 0.304 e. The summed E-state index contributed by atoms with van der Waals surface area (Å²) in [6.45, 7) is 3.87. The molecule has 2 rings (SSSR count). The van der Waals surface area contributed by atoms with E-state index >= 15 is 0 Å². The predicted molar refractivity (Wildman–Crippen MR) is 126 cm³/mol. The zero-order valence-corrected chi connectivity index (χ0v) is 20.6. The first kappa shape index (κ1) is 27.2. The van der Waals surface area contributed by atoms with E-state index in [4.69, 9.17) is 0 Å². The zero-order valence-electron chi connectivity index (χ0n) is 19.8. The van der Waals surface area contributed by atoms with E-state index < -0.39 is 46.2 Å². The Kier molecular flexibility index (Phi) is 9.11. The van der Waals surface area contributed by atoms with Gasteiger partial charge in [-0.2, -0.15) is 12.7 Å². The van der Waals surface area contributed by atoms with Gasteiger partial charge in [0.25, 0.3) is 0 Å². The van der Waals surface area contributed by atoms with Crippen molar-refractivity contribution in [2.24, 2.45) is 0 Å². The summed E-state index contributed by atoms with van der Waals surface area (Å²) in [6.07, 6.45) is 0. The molecular weight excluding hydrogens is 466 g/mol. The number of hydrogen-bond donors (Lipinski definition) is 1. The van der Waals surface area contributed by atoms with Gasteiger partial charge in [-0.3, -0.25) is 9.59 Å².